The van der Waals surface area contributed by atoms with Crippen LogP contribution in [0.15, 0.2) is 36.4 Å². The molecule has 6 heteroatoms. The van der Waals surface area contributed by atoms with E-state index in [1.807, 2.05) is 43.7 Å². The second-order valence-electron chi connectivity index (χ2n) is 7.47. The van der Waals surface area contributed by atoms with Gasteiger partial charge in [0.05, 0.1) is 28.7 Å². The van der Waals surface area contributed by atoms with Crippen LogP contribution in [0.4, 0.5) is 5.69 Å². The van der Waals surface area contributed by atoms with Crippen LogP contribution in [0.25, 0.3) is 22.4 Å². The third-order valence-electron chi connectivity index (χ3n) is 5.39. The molecule has 0 aliphatic carbocycles. The van der Waals surface area contributed by atoms with Gasteiger partial charge in [0.2, 0.25) is 5.91 Å². The molecule has 0 saturated carbocycles. The largest absolute Gasteiger partial charge is 0.508 e. The van der Waals surface area contributed by atoms with E-state index in [1.54, 1.807) is 24.1 Å². The smallest absolute Gasteiger partial charge is 0.237 e. The lowest BCUT2D eigenvalue weighted by Crippen LogP contribution is -2.37. The molecule has 3 aromatic rings. The van der Waals surface area contributed by atoms with Gasteiger partial charge in [-0.1, -0.05) is 0 Å². The number of methoxy groups -OCH3 is 1. The van der Waals surface area contributed by atoms with Crippen molar-refractivity contribution in [3.8, 4) is 17.1 Å². The molecule has 0 atom stereocenters. The van der Waals surface area contributed by atoms with E-state index in [-0.39, 0.29) is 11.7 Å². The van der Waals surface area contributed by atoms with Crippen molar-refractivity contribution < 1.29 is 14.6 Å². The van der Waals surface area contributed by atoms with Gasteiger partial charge < -0.3 is 19.3 Å². The summed E-state index contributed by atoms with van der Waals surface area (Å²) in [6.07, 6.45) is 0. The molecule has 2 heterocycles. The first kappa shape index (κ1) is 17.5. The average molecular weight is 365 g/mol. The maximum absolute atomic E-state index is 12.9. The molecule has 0 fully saturated rings. The lowest BCUT2D eigenvalue weighted by molar-refractivity contribution is -0.122. The number of fused-ring (bicyclic) bond motifs is 2. The van der Waals surface area contributed by atoms with Gasteiger partial charge in [0.15, 0.2) is 0 Å². The number of anilines is 1. The van der Waals surface area contributed by atoms with Crippen LogP contribution in [-0.4, -0.2) is 40.8 Å². The van der Waals surface area contributed by atoms with Crippen molar-refractivity contribution in [2.75, 3.05) is 25.2 Å². The highest BCUT2D eigenvalue weighted by Gasteiger charge is 2.44. The fourth-order valence-electron chi connectivity index (χ4n) is 3.79. The number of benzene rings is 2. The summed E-state index contributed by atoms with van der Waals surface area (Å²) in [5, 5.41) is 9.53. The van der Waals surface area contributed by atoms with Gasteiger partial charge in [0.1, 0.15) is 11.6 Å². The summed E-state index contributed by atoms with van der Waals surface area (Å²) in [5.74, 6) is 1.13. The SMILES string of the molecule is COCCN1C(=O)C(C)(C)c2cc3c(cc21)nc(-c1ccc(O)cc1)n3C. The average Bonchev–Trinajstić information content (AvgIpc) is 3.06. The molecule has 27 heavy (non-hydrogen) atoms. The van der Waals surface area contributed by atoms with Crippen LogP contribution in [-0.2, 0) is 22.0 Å². The molecule has 0 bridgehead atoms. The highest BCUT2D eigenvalue weighted by atomic mass is 16.5. The molecule has 1 amide bonds. The Morgan fingerprint density at radius 3 is 2.56 bits per heavy atom. The van der Waals surface area contributed by atoms with Crippen molar-refractivity contribution in [2.45, 2.75) is 19.3 Å². The number of aromatic hydroxyl groups is 1. The number of hydrogen-bond donors (Lipinski definition) is 1. The number of hydrogen-bond acceptors (Lipinski definition) is 4. The van der Waals surface area contributed by atoms with Crippen molar-refractivity contribution in [3.05, 3.63) is 42.0 Å². The zero-order chi connectivity index (χ0) is 19.3. The van der Waals surface area contributed by atoms with Gasteiger partial charge in [0.25, 0.3) is 0 Å². The predicted octanol–water partition coefficient (Wildman–Crippen LogP) is 3.22. The van der Waals surface area contributed by atoms with Gasteiger partial charge in [-0.25, -0.2) is 4.98 Å². The summed E-state index contributed by atoms with van der Waals surface area (Å²) >= 11 is 0. The fraction of sp³-hybridized carbons (Fsp3) is 0.333. The minimum absolute atomic E-state index is 0.0867. The third-order valence-corrected chi connectivity index (χ3v) is 5.39. The van der Waals surface area contributed by atoms with Crippen LogP contribution in [0.1, 0.15) is 19.4 Å². The summed E-state index contributed by atoms with van der Waals surface area (Å²) in [6.45, 7) is 4.93. The predicted molar refractivity (Wildman–Crippen MR) is 105 cm³/mol. The van der Waals surface area contributed by atoms with E-state index in [1.165, 1.54) is 0 Å². The molecule has 4 rings (SSSR count). The summed E-state index contributed by atoms with van der Waals surface area (Å²) < 4.78 is 7.21. The molecule has 140 valence electrons. The third kappa shape index (κ3) is 2.59. The number of aromatic nitrogens is 2. The van der Waals surface area contributed by atoms with E-state index in [4.69, 9.17) is 9.72 Å². The first-order chi connectivity index (χ1) is 12.8. The number of aryl methyl sites for hydroxylation is 1. The molecule has 0 saturated heterocycles. The Kier molecular flexibility index (Phi) is 3.96. The maximum Gasteiger partial charge on any atom is 0.237 e. The van der Waals surface area contributed by atoms with Crippen LogP contribution in [0.3, 0.4) is 0 Å². The Morgan fingerprint density at radius 2 is 1.89 bits per heavy atom. The number of carbonyl (C=O) groups is 1. The zero-order valence-corrected chi connectivity index (χ0v) is 16.0. The highest BCUT2D eigenvalue weighted by molar-refractivity contribution is 6.09. The zero-order valence-electron chi connectivity index (χ0n) is 16.0. The first-order valence-corrected chi connectivity index (χ1v) is 8.96. The monoisotopic (exact) mass is 365 g/mol. The van der Waals surface area contributed by atoms with E-state index in [0.29, 0.717) is 13.2 Å². The molecule has 6 nitrogen and oxygen atoms in total. The normalized spacial score (nSPS) is 15.6. The van der Waals surface area contributed by atoms with Crippen molar-refractivity contribution in [1.29, 1.82) is 0 Å². The number of imidazole rings is 1. The van der Waals surface area contributed by atoms with E-state index in [0.717, 1.165) is 33.7 Å². The highest BCUT2D eigenvalue weighted by Crippen LogP contribution is 2.43. The summed E-state index contributed by atoms with van der Waals surface area (Å²) in [7, 11) is 3.61. The van der Waals surface area contributed by atoms with Crippen LogP contribution >= 0.6 is 0 Å². The summed E-state index contributed by atoms with van der Waals surface area (Å²) in [5.41, 5.74) is 4.08. The molecule has 1 N–H and O–H groups in total. The number of rotatable bonds is 4. The van der Waals surface area contributed by atoms with E-state index < -0.39 is 5.41 Å². The topological polar surface area (TPSA) is 67.6 Å². The van der Waals surface area contributed by atoms with Crippen LogP contribution in [0.2, 0.25) is 0 Å². The maximum atomic E-state index is 12.9. The Hall–Kier alpha value is -2.86. The molecule has 1 aliphatic heterocycles. The summed E-state index contributed by atoms with van der Waals surface area (Å²) in [4.78, 5) is 19.5. The van der Waals surface area contributed by atoms with Gasteiger partial charge in [-0.3, -0.25) is 4.79 Å². The minimum Gasteiger partial charge on any atom is -0.508 e. The second-order valence-corrected chi connectivity index (χ2v) is 7.47. The Morgan fingerprint density at radius 1 is 1.19 bits per heavy atom. The molecule has 1 aromatic heterocycles. The number of nitrogens with zero attached hydrogens (tertiary/aromatic N) is 3. The Labute approximate surface area is 158 Å². The van der Waals surface area contributed by atoms with Gasteiger partial charge in [-0.15, -0.1) is 0 Å². The first-order valence-electron chi connectivity index (χ1n) is 8.96. The number of phenols is 1. The molecular formula is C21H23N3O3. The van der Waals surface area contributed by atoms with Gasteiger partial charge in [-0.05, 0) is 55.8 Å². The molecule has 1 aliphatic rings. The quantitative estimate of drug-likeness (QED) is 0.771. The van der Waals surface area contributed by atoms with Crippen LogP contribution in [0, 0.1) is 0 Å². The standard InChI is InChI=1S/C21H23N3O3/c1-21(2)15-11-18-16(12-17(15)24(20(21)26)9-10-27-4)22-19(23(18)3)13-5-7-14(25)8-6-13/h5-8,11-12,25H,9-10H2,1-4H3. The minimum atomic E-state index is -0.583. The molecule has 2 aromatic carbocycles. The van der Waals surface area contributed by atoms with Crippen molar-refractivity contribution in [3.63, 3.8) is 0 Å². The second kappa shape index (κ2) is 6.09. The van der Waals surface area contributed by atoms with Crippen molar-refractivity contribution in [1.82, 2.24) is 9.55 Å². The van der Waals surface area contributed by atoms with Gasteiger partial charge in [-0.2, -0.15) is 0 Å². The van der Waals surface area contributed by atoms with Gasteiger partial charge in [0, 0.05) is 26.3 Å². The Balaban J connectivity index is 1.88. The molecule has 0 spiro atoms. The molecule has 0 radical (unpaired) electrons. The van der Waals surface area contributed by atoms with E-state index in [9.17, 15) is 9.90 Å². The molecule has 0 unspecified atom stereocenters. The van der Waals surface area contributed by atoms with E-state index in [2.05, 4.69) is 6.07 Å². The number of carbonyl (C=O) groups excluding carboxylic acids is 1. The fourth-order valence-corrected chi connectivity index (χ4v) is 3.79. The Bertz CT molecular complexity index is 1040. The van der Waals surface area contributed by atoms with Gasteiger partial charge >= 0.3 is 0 Å². The lowest BCUT2D eigenvalue weighted by Gasteiger charge is -2.19. The number of amides is 1. The number of ether oxygens (including phenoxy) is 1. The molecular weight excluding hydrogens is 342 g/mol. The van der Waals surface area contributed by atoms with Crippen LogP contribution < -0.4 is 4.90 Å². The summed E-state index contributed by atoms with van der Waals surface area (Å²) in [6, 6.07) is 11.1. The van der Waals surface area contributed by atoms with Crippen LogP contribution in [0.5, 0.6) is 5.75 Å². The lowest BCUT2D eigenvalue weighted by atomic mass is 9.86. The van der Waals surface area contributed by atoms with Crippen molar-refractivity contribution in [2.24, 2.45) is 7.05 Å². The van der Waals surface area contributed by atoms with E-state index >= 15 is 0 Å². The number of phenolic OH excluding ortho intramolecular Hbond substituents is 1. The van der Waals surface area contributed by atoms with Crippen molar-refractivity contribution >= 4 is 22.6 Å².